The van der Waals surface area contributed by atoms with Crippen LogP contribution in [0.3, 0.4) is 0 Å². The summed E-state index contributed by atoms with van der Waals surface area (Å²) in [5.41, 5.74) is 0. The molecule has 4 heteroatoms. The maximum Gasteiger partial charge on any atom is 0.152 e. The summed E-state index contributed by atoms with van der Waals surface area (Å²) in [5.74, 6) is 0. The Kier molecular flexibility index (Phi) is 6.70. The minimum atomic E-state index is 0.375. The summed E-state index contributed by atoms with van der Waals surface area (Å²) in [4.78, 5) is 0. The van der Waals surface area contributed by atoms with E-state index in [1.54, 1.807) is 0 Å². The van der Waals surface area contributed by atoms with E-state index in [1.165, 1.54) is 0 Å². The molecule has 1 N–H and O–H groups in total. The molecule has 0 amide bonds. The van der Waals surface area contributed by atoms with Crippen LogP contribution in [0.1, 0.15) is 0 Å². The van der Waals surface area contributed by atoms with Gasteiger partial charge in [0, 0.05) is 7.11 Å². The summed E-state index contributed by atoms with van der Waals surface area (Å²) in [6.07, 6.45) is 0. The third-order valence-electron chi connectivity index (χ3n) is 0.500. The SMILES string of the molecule is C1OCOCO1.CO. The molecule has 1 saturated heterocycles. The van der Waals surface area contributed by atoms with Gasteiger partial charge in [-0.25, -0.2) is 0 Å². The van der Waals surface area contributed by atoms with Crippen molar-refractivity contribution in [1.82, 2.24) is 0 Å². The Hall–Kier alpha value is -0.160. The predicted molar refractivity (Wildman–Crippen MR) is 26.0 cm³/mol. The average molecular weight is 122 g/mol. The third-order valence-corrected chi connectivity index (χ3v) is 0.500. The summed E-state index contributed by atoms with van der Waals surface area (Å²) in [6.45, 7) is 1.12. The molecule has 0 spiro atoms. The molecule has 0 radical (unpaired) electrons. The number of aliphatic hydroxyl groups is 1. The van der Waals surface area contributed by atoms with Gasteiger partial charge in [-0.05, 0) is 0 Å². The zero-order chi connectivity index (χ0) is 6.24. The normalized spacial score (nSPS) is 18.8. The molecule has 8 heavy (non-hydrogen) atoms. The van der Waals surface area contributed by atoms with Gasteiger partial charge in [-0.3, -0.25) is 0 Å². The van der Waals surface area contributed by atoms with Crippen molar-refractivity contribution in [2.24, 2.45) is 0 Å². The lowest BCUT2D eigenvalue weighted by Gasteiger charge is -2.10. The lowest BCUT2D eigenvalue weighted by molar-refractivity contribution is -0.247. The fourth-order valence-corrected chi connectivity index (χ4v) is 0.279. The zero-order valence-electron chi connectivity index (χ0n) is 4.79. The molecule has 1 aliphatic heterocycles. The van der Waals surface area contributed by atoms with Crippen molar-refractivity contribution in [3.05, 3.63) is 0 Å². The monoisotopic (exact) mass is 122 g/mol. The Morgan fingerprint density at radius 1 is 0.875 bits per heavy atom. The quantitative estimate of drug-likeness (QED) is 0.472. The van der Waals surface area contributed by atoms with Crippen molar-refractivity contribution in [3.63, 3.8) is 0 Å². The molecule has 0 aromatic heterocycles. The molecule has 1 fully saturated rings. The van der Waals surface area contributed by atoms with Gasteiger partial charge in [0.1, 0.15) is 0 Å². The molecule has 0 saturated carbocycles. The average Bonchev–Trinajstić information content (AvgIpc) is 1.96. The fourth-order valence-electron chi connectivity index (χ4n) is 0.279. The van der Waals surface area contributed by atoms with Crippen molar-refractivity contribution < 1.29 is 19.3 Å². The molecule has 0 aliphatic carbocycles. The van der Waals surface area contributed by atoms with Crippen LogP contribution in [0.15, 0.2) is 0 Å². The minimum Gasteiger partial charge on any atom is -0.400 e. The lowest BCUT2D eigenvalue weighted by Crippen LogP contribution is -2.14. The molecular formula is C4H10O4. The highest BCUT2D eigenvalue weighted by Crippen LogP contribution is 1.87. The minimum absolute atomic E-state index is 0.375. The topological polar surface area (TPSA) is 47.9 Å². The van der Waals surface area contributed by atoms with E-state index in [2.05, 4.69) is 14.2 Å². The highest BCUT2D eigenvalue weighted by Gasteiger charge is 1.93. The van der Waals surface area contributed by atoms with Crippen LogP contribution in [0, 0.1) is 0 Å². The van der Waals surface area contributed by atoms with Gasteiger partial charge in [-0.1, -0.05) is 0 Å². The Balaban J connectivity index is 0.000000222. The third kappa shape index (κ3) is 4.01. The first kappa shape index (κ1) is 7.84. The summed E-state index contributed by atoms with van der Waals surface area (Å²) in [7, 11) is 1.00. The van der Waals surface area contributed by atoms with Gasteiger partial charge in [0.2, 0.25) is 0 Å². The van der Waals surface area contributed by atoms with Gasteiger partial charge in [0.15, 0.2) is 20.4 Å². The van der Waals surface area contributed by atoms with Crippen molar-refractivity contribution >= 4 is 0 Å². The highest BCUT2D eigenvalue weighted by molar-refractivity contribution is 4.09. The second kappa shape index (κ2) is 6.84. The summed E-state index contributed by atoms with van der Waals surface area (Å²) in [5, 5.41) is 7.00. The first-order valence-corrected chi connectivity index (χ1v) is 2.18. The van der Waals surface area contributed by atoms with Crippen LogP contribution < -0.4 is 0 Å². The van der Waals surface area contributed by atoms with Gasteiger partial charge in [-0.2, -0.15) is 0 Å². The Labute approximate surface area is 48.0 Å². The maximum absolute atomic E-state index is 7.00. The van der Waals surface area contributed by atoms with E-state index in [0.29, 0.717) is 20.4 Å². The molecule has 0 aromatic rings. The van der Waals surface area contributed by atoms with E-state index >= 15 is 0 Å². The number of rotatable bonds is 0. The molecule has 4 nitrogen and oxygen atoms in total. The Morgan fingerprint density at radius 2 is 1.12 bits per heavy atom. The van der Waals surface area contributed by atoms with Gasteiger partial charge in [0.25, 0.3) is 0 Å². The number of ether oxygens (including phenoxy) is 3. The highest BCUT2D eigenvalue weighted by atomic mass is 16.8. The zero-order valence-corrected chi connectivity index (χ0v) is 4.79. The van der Waals surface area contributed by atoms with Crippen molar-refractivity contribution in [2.75, 3.05) is 27.5 Å². The molecule has 1 aliphatic rings. The van der Waals surface area contributed by atoms with Crippen LogP contribution in [-0.4, -0.2) is 32.6 Å². The number of hydrogen-bond donors (Lipinski definition) is 1. The van der Waals surface area contributed by atoms with Crippen LogP contribution in [0.5, 0.6) is 0 Å². The molecule has 0 unspecified atom stereocenters. The van der Waals surface area contributed by atoms with E-state index in [1.807, 2.05) is 0 Å². The largest absolute Gasteiger partial charge is 0.400 e. The maximum atomic E-state index is 7.00. The lowest BCUT2D eigenvalue weighted by atomic mass is 11.2. The summed E-state index contributed by atoms with van der Waals surface area (Å²) < 4.78 is 13.9. The van der Waals surface area contributed by atoms with Crippen LogP contribution in [-0.2, 0) is 14.2 Å². The van der Waals surface area contributed by atoms with E-state index in [0.717, 1.165) is 7.11 Å². The van der Waals surface area contributed by atoms with Crippen LogP contribution in [0.2, 0.25) is 0 Å². The molecule has 0 aromatic carbocycles. The fraction of sp³-hybridized carbons (Fsp3) is 1.00. The van der Waals surface area contributed by atoms with Crippen molar-refractivity contribution in [1.29, 1.82) is 0 Å². The van der Waals surface area contributed by atoms with Gasteiger partial charge in [-0.15, -0.1) is 0 Å². The van der Waals surface area contributed by atoms with E-state index < -0.39 is 0 Å². The molecule has 0 bridgehead atoms. The van der Waals surface area contributed by atoms with Crippen LogP contribution >= 0.6 is 0 Å². The van der Waals surface area contributed by atoms with E-state index in [-0.39, 0.29) is 0 Å². The standard InChI is InChI=1S/C3H6O3.CH4O/c1-4-2-6-3-5-1;1-2/h1-3H2;2H,1H3. The Bertz CT molecular complexity index is 23.5. The van der Waals surface area contributed by atoms with Crippen LogP contribution in [0.4, 0.5) is 0 Å². The van der Waals surface area contributed by atoms with E-state index in [4.69, 9.17) is 5.11 Å². The number of hydrogen-bond acceptors (Lipinski definition) is 4. The second-order valence-corrected chi connectivity index (χ2v) is 0.966. The molecular weight excluding hydrogens is 112 g/mol. The van der Waals surface area contributed by atoms with Gasteiger partial charge in [0.05, 0.1) is 0 Å². The second-order valence-electron chi connectivity index (χ2n) is 0.966. The van der Waals surface area contributed by atoms with Gasteiger partial charge >= 0.3 is 0 Å². The summed E-state index contributed by atoms with van der Waals surface area (Å²) >= 11 is 0. The molecule has 1 rings (SSSR count). The van der Waals surface area contributed by atoms with E-state index in [9.17, 15) is 0 Å². The van der Waals surface area contributed by atoms with Crippen LogP contribution in [0.25, 0.3) is 0 Å². The molecule has 0 atom stereocenters. The molecule has 50 valence electrons. The first-order chi connectivity index (χ1) is 4.00. The smallest absolute Gasteiger partial charge is 0.152 e. The Morgan fingerprint density at radius 3 is 1.25 bits per heavy atom. The van der Waals surface area contributed by atoms with Crippen molar-refractivity contribution in [3.8, 4) is 0 Å². The number of aliphatic hydroxyl groups excluding tert-OH is 1. The predicted octanol–water partition coefficient (Wildman–Crippen LogP) is -0.469. The summed E-state index contributed by atoms with van der Waals surface area (Å²) in [6, 6.07) is 0. The van der Waals surface area contributed by atoms with Crippen molar-refractivity contribution in [2.45, 2.75) is 0 Å². The molecule has 1 heterocycles. The van der Waals surface area contributed by atoms with Gasteiger partial charge < -0.3 is 19.3 Å². The first-order valence-electron chi connectivity index (χ1n) is 2.18.